The molecule has 1 aliphatic rings. The molecule has 10 heteroatoms. The Balaban J connectivity index is 1.51. The summed E-state index contributed by atoms with van der Waals surface area (Å²) in [5.41, 5.74) is 9.08. The molecule has 1 fully saturated rings. The number of halogens is 5. The molecular formula is C24H18Cl5N3O2. The summed E-state index contributed by atoms with van der Waals surface area (Å²) in [6.45, 7) is 1.87. The summed E-state index contributed by atoms with van der Waals surface area (Å²) in [5.74, 6) is -2.10. The Hall–Kier alpha value is -2.15. The standard InChI is InChI=1S/C24H18Cl5N3O2/c1-11-2-3-16(10-19(11)30)31-22(33)17-9-15(4-5-18(17)27)32-23(34)21-20(24(21,28)29)12-6-13(25)8-14(26)7-12/h2-10,20-21H,30H2,1H3,(H,31,33)(H,32,34)/t20-,21+/m0/s1. The van der Waals surface area contributed by atoms with Gasteiger partial charge in [-0.2, -0.15) is 0 Å². The smallest absolute Gasteiger partial charge is 0.257 e. The Bertz CT molecular complexity index is 1290. The van der Waals surface area contributed by atoms with Gasteiger partial charge in [0.15, 0.2) is 0 Å². The lowest BCUT2D eigenvalue weighted by atomic mass is 10.1. The lowest BCUT2D eigenvalue weighted by Crippen LogP contribution is -2.18. The molecule has 0 unspecified atom stereocenters. The van der Waals surface area contributed by atoms with E-state index >= 15 is 0 Å². The second-order valence-electron chi connectivity index (χ2n) is 8.04. The fourth-order valence-corrected chi connectivity index (χ4v) is 5.31. The number of rotatable bonds is 5. The summed E-state index contributed by atoms with van der Waals surface area (Å²) >= 11 is 31.2. The van der Waals surface area contributed by atoms with Gasteiger partial charge >= 0.3 is 0 Å². The van der Waals surface area contributed by atoms with E-state index in [-0.39, 0.29) is 10.6 Å². The number of nitrogens with one attached hydrogen (secondary N) is 2. The van der Waals surface area contributed by atoms with Crippen LogP contribution in [0.4, 0.5) is 17.1 Å². The molecule has 0 heterocycles. The first kappa shape index (κ1) is 25.0. The molecule has 4 N–H and O–H groups in total. The van der Waals surface area contributed by atoms with Gasteiger partial charge in [0.25, 0.3) is 5.91 Å². The summed E-state index contributed by atoms with van der Waals surface area (Å²) in [6, 6.07) is 14.7. The van der Waals surface area contributed by atoms with Crippen molar-refractivity contribution in [2.24, 2.45) is 5.92 Å². The maximum Gasteiger partial charge on any atom is 0.257 e. The van der Waals surface area contributed by atoms with Crippen molar-refractivity contribution in [3.05, 3.63) is 86.4 Å². The predicted molar refractivity (Wildman–Crippen MR) is 141 cm³/mol. The number of nitrogens with two attached hydrogens (primary N) is 1. The summed E-state index contributed by atoms with van der Waals surface area (Å²) in [5, 5.41) is 6.57. The number of hydrogen-bond acceptors (Lipinski definition) is 3. The van der Waals surface area contributed by atoms with Crippen LogP contribution in [0.3, 0.4) is 0 Å². The van der Waals surface area contributed by atoms with Gasteiger partial charge in [-0.1, -0.05) is 40.9 Å². The van der Waals surface area contributed by atoms with E-state index in [0.717, 1.165) is 5.56 Å². The highest BCUT2D eigenvalue weighted by Crippen LogP contribution is 2.65. The van der Waals surface area contributed by atoms with Crippen LogP contribution < -0.4 is 16.4 Å². The normalized spacial score (nSPS) is 18.3. The quantitative estimate of drug-likeness (QED) is 0.227. The van der Waals surface area contributed by atoms with Crippen molar-refractivity contribution in [1.29, 1.82) is 0 Å². The van der Waals surface area contributed by atoms with Crippen molar-refractivity contribution < 1.29 is 9.59 Å². The first-order chi connectivity index (χ1) is 16.0. The summed E-state index contributed by atoms with van der Waals surface area (Å²) in [7, 11) is 0. The zero-order chi connectivity index (χ0) is 24.8. The van der Waals surface area contributed by atoms with E-state index in [2.05, 4.69) is 10.6 Å². The lowest BCUT2D eigenvalue weighted by molar-refractivity contribution is -0.117. The number of carbonyl (C=O) groups is 2. The average Bonchev–Trinajstić information content (AvgIpc) is 3.33. The highest BCUT2D eigenvalue weighted by molar-refractivity contribution is 6.53. The van der Waals surface area contributed by atoms with E-state index in [0.29, 0.717) is 32.7 Å². The van der Waals surface area contributed by atoms with E-state index in [4.69, 9.17) is 63.7 Å². The molecule has 4 rings (SSSR count). The third kappa shape index (κ3) is 5.09. The molecule has 0 radical (unpaired) electrons. The molecule has 0 aliphatic heterocycles. The molecule has 1 saturated carbocycles. The van der Waals surface area contributed by atoms with Gasteiger partial charge in [0.2, 0.25) is 5.91 Å². The number of aryl methyl sites for hydroxylation is 1. The van der Waals surface area contributed by atoms with Crippen molar-refractivity contribution in [2.45, 2.75) is 17.2 Å². The third-order valence-electron chi connectivity index (χ3n) is 5.60. The van der Waals surface area contributed by atoms with Gasteiger partial charge < -0.3 is 16.4 Å². The molecule has 2 amide bonds. The molecule has 1 aliphatic carbocycles. The largest absolute Gasteiger partial charge is 0.398 e. The molecule has 3 aromatic carbocycles. The lowest BCUT2D eigenvalue weighted by Gasteiger charge is -2.11. The van der Waals surface area contributed by atoms with Crippen LogP contribution in [0.2, 0.25) is 15.1 Å². The van der Waals surface area contributed by atoms with Gasteiger partial charge in [0, 0.05) is 33.0 Å². The fourth-order valence-electron chi connectivity index (χ4n) is 3.74. The number of hydrogen-bond donors (Lipinski definition) is 3. The van der Waals surface area contributed by atoms with Crippen LogP contribution in [0.15, 0.2) is 54.6 Å². The minimum Gasteiger partial charge on any atom is -0.398 e. The van der Waals surface area contributed by atoms with Crippen LogP contribution in [0, 0.1) is 12.8 Å². The van der Waals surface area contributed by atoms with Crippen LogP contribution in [-0.2, 0) is 4.79 Å². The fraction of sp³-hybridized carbons (Fsp3) is 0.167. The number of nitrogen functional groups attached to an aromatic ring is 1. The minimum atomic E-state index is -1.32. The average molecular weight is 558 g/mol. The van der Waals surface area contributed by atoms with E-state index in [9.17, 15) is 9.59 Å². The van der Waals surface area contributed by atoms with Gasteiger partial charge in [-0.3, -0.25) is 9.59 Å². The molecule has 5 nitrogen and oxygen atoms in total. The van der Waals surface area contributed by atoms with E-state index < -0.39 is 28.0 Å². The molecule has 2 atom stereocenters. The molecule has 0 saturated heterocycles. The predicted octanol–water partition coefficient (Wildman–Crippen LogP) is 7.32. The summed E-state index contributed by atoms with van der Waals surface area (Å²) in [4.78, 5) is 25.8. The van der Waals surface area contributed by atoms with Crippen molar-refractivity contribution in [2.75, 3.05) is 16.4 Å². The minimum absolute atomic E-state index is 0.176. The third-order valence-corrected chi connectivity index (χ3v) is 7.30. The van der Waals surface area contributed by atoms with E-state index in [1.54, 1.807) is 42.5 Å². The second kappa shape index (κ2) is 9.48. The van der Waals surface area contributed by atoms with Crippen LogP contribution in [0.1, 0.15) is 27.4 Å². The van der Waals surface area contributed by atoms with Gasteiger partial charge in [0.1, 0.15) is 4.33 Å². The van der Waals surface area contributed by atoms with Crippen LogP contribution >= 0.6 is 58.0 Å². The molecular weight excluding hydrogens is 540 g/mol. The first-order valence-electron chi connectivity index (χ1n) is 10.1. The van der Waals surface area contributed by atoms with Crippen molar-refractivity contribution >= 4 is 86.9 Å². The first-order valence-corrected chi connectivity index (χ1v) is 12.0. The molecule has 34 heavy (non-hydrogen) atoms. The Labute approximate surface area is 221 Å². The summed E-state index contributed by atoms with van der Waals surface area (Å²) in [6.07, 6.45) is 0. The topological polar surface area (TPSA) is 84.2 Å². The molecule has 0 spiro atoms. The SMILES string of the molecule is Cc1ccc(NC(=O)c2cc(NC(=O)[C@H]3[C@H](c4cc(Cl)cc(Cl)c4)C3(Cl)Cl)ccc2Cl)cc1N. The Morgan fingerprint density at radius 1 is 0.882 bits per heavy atom. The number of benzene rings is 3. The van der Waals surface area contributed by atoms with E-state index in [1.165, 1.54) is 12.1 Å². The van der Waals surface area contributed by atoms with Gasteiger partial charge in [-0.25, -0.2) is 0 Å². The van der Waals surface area contributed by atoms with Gasteiger partial charge in [0.05, 0.1) is 16.5 Å². The zero-order valence-corrected chi connectivity index (χ0v) is 21.4. The van der Waals surface area contributed by atoms with Gasteiger partial charge in [-0.05, 0) is 66.6 Å². The number of alkyl halides is 2. The Kier molecular flexibility index (Phi) is 6.96. The van der Waals surface area contributed by atoms with Crippen LogP contribution in [0.25, 0.3) is 0 Å². The molecule has 3 aromatic rings. The van der Waals surface area contributed by atoms with Gasteiger partial charge in [-0.15, -0.1) is 23.2 Å². The van der Waals surface area contributed by atoms with Crippen molar-refractivity contribution in [3.63, 3.8) is 0 Å². The van der Waals surface area contributed by atoms with Crippen molar-refractivity contribution in [1.82, 2.24) is 0 Å². The highest BCUT2D eigenvalue weighted by Gasteiger charge is 2.67. The second-order valence-corrected chi connectivity index (χ2v) is 10.8. The van der Waals surface area contributed by atoms with Crippen LogP contribution in [0.5, 0.6) is 0 Å². The van der Waals surface area contributed by atoms with Crippen molar-refractivity contribution in [3.8, 4) is 0 Å². The highest BCUT2D eigenvalue weighted by atomic mass is 35.5. The van der Waals surface area contributed by atoms with Crippen LogP contribution in [-0.4, -0.2) is 16.1 Å². The molecule has 0 bridgehead atoms. The Morgan fingerprint density at radius 2 is 1.50 bits per heavy atom. The maximum absolute atomic E-state index is 13.0. The Morgan fingerprint density at radius 3 is 2.15 bits per heavy atom. The monoisotopic (exact) mass is 555 g/mol. The van der Waals surface area contributed by atoms with E-state index in [1.807, 2.05) is 6.92 Å². The maximum atomic E-state index is 13.0. The number of amides is 2. The summed E-state index contributed by atoms with van der Waals surface area (Å²) < 4.78 is -1.32. The number of anilines is 3. The molecule has 176 valence electrons. The zero-order valence-electron chi connectivity index (χ0n) is 17.6. The molecule has 0 aromatic heterocycles. The number of carbonyl (C=O) groups excluding carboxylic acids is 2.